The van der Waals surface area contributed by atoms with E-state index in [1.165, 1.54) is 7.11 Å². The van der Waals surface area contributed by atoms with Crippen molar-refractivity contribution in [3.05, 3.63) is 35.9 Å². The number of rotatable bonds is 5. The summed E-state index contributed by atoms with van der Waals surface area (Å²) < 4.78 is 22.5. The summed E-state index contributed by atoms with van der Waals surface area (Å²) in [5.74, 6) is -4.61. The number of hydrogen-bond donors (Lipinski definition) is 2. The Morgan fingerprint density at radius 3 is 2.44 bits per heavy atom. The molecule has 18 heavy (non-hydrogen) atoms. The molecule has 0 saturated heterocycles. The second kappa shape index (κ2) is 5.67. The molecule has 0 aliphatic rings. The Balaban J connectivity index is 3.08. The summed E-state index contributed by atoms with van der Waals surface area (Å²) in [4.78, 5) is 21.1. The number of carboxylic acid groups (broad SMARTS) is 2. The molecule has 0 aliphatic heterocycles. The van der Waals surface area contributed by atoms with Gasteiger partial charge < -0.3 is 19.7 Å². The van der Waals surface area contributed by atoms with Crippen molar-refractivity contribution in [2.24, 2.45) is 0 Å². The molecule has 0 aliphatic carbocycles. The zero-order chi connectivity index (χ0) is 13.7. The van der Waals surface area contributed by atoms with Gasteiger partial charge in [-0.1, -0.05) is 0 Å². The molecule has 0 saturated carbocycles. The minimum absolute atomic E-state index is 0.0486. The lowest BCUT2D eigenvalue weighted by atomic mass is 10.3. The van der Waals surface area contributed by atoms with E-state index < -0.39 is 23.5 Å². The van der Waals surface area contributed by atoms with Crippen LogP contribution in [-0.2, 0) is 9.59 Å². The molecule has 0 atom stereocenters. The SMILES string of the molecule is COc1cc(F)ccc1O/C(=C\C(=O)O)C(=O)O. The minimum Gasteiger partial charge on any atom is -0.493 e. The van der Waals surface area contributed by atoms with Crippen molar-refractivity contribution in [1.82, 2.24) is 0 Å². The van der Waals surface area contributed by atoms with Crippen molar-refractivity contribution in [1.29, 1.82) is 0 Å². The lowest BCUT2D eigenvalue weighted by Crippen LogP contribution is -2.10. The van der Waals surface area contributed by atoms with Gasteiger partial charge in [0.1, 0.15) is 5.82 Å². The van der Waals surface area contributed by atoms with Crippen molar-refractivity contribution in [3.8, 4) is 11.5 Å². The first-order valence-corrected chi connectivity index (χ1v) is 4.63. The van der Waals surface area contributed by atoms with Crippen LogP contribution in [-0.4, -0.2) is 29.3 Å². The van der Waals surface area contributed by atoms with Gasteiger partial charge in [0, 0.05) is 6.07 Å². The Hall–Kier alpha value is -2.57. The smallest absolute Gasteiger partial charge is 0.372 e. The number of carbonyl (C=O) groups is 2. The molecule has 2 N–H and O–H groups in total. The molecule has 0 fully saturated rings. The van der Waals surface area contributed by atoms with Gasteiger partial charge in [-0.05, 0) is 12.1 Å². The zero-order valence-corrected chi connectivity index (χ0v) is 9.21. The highest BCUT2D eigenvalue weighted by molar-refractivity contribution is 5.93. The minimum atomic E-state index is -1.57. The number of carboxylic acids is 2. The van der Waals surface area contributed by atoms with Crippen LogP contribution in [0.4, 0.5) is 4.39 Å². The first-order chi connectivity index (χ1) is 8.43. The fourth-order valence-electron chi connectivity index (χ4n) is 1.09. The molecular weight excluding hydrogens is 247 g/mol. The predicted molar refractivity (Wildman–Crippen MR) is 56.9 cm³/mol. The zero-order valence-electron chi connectivity index (χ0n) is 9.21. The molecule has 0 bridgehead atoms. The molecule has 1 aromatic rings. The molecule has 1 rings (SSSR count). The molecule has 6 nitrogen and oxygen atoms in total. The fraction of sp³-hybridized carbons (Fsp3) is 0.0909. The summed E-state index contributed by atoms with van der Waals surface area (Å²) in [5, 5.41) is 17.2. The van der Waals surface area contributed by atoms with Crippen LogP contribution in [0.3, 0.4) is 0 Å². The van der Waals surface area contributed by atoms with Gasteiger partial charge in [0.25, 0.3) is 0 Å². The lowest BCUT2D eigenvalue weighted by Gasteiger charge is -2.09. The summed E-state index contributed by atoms with van der Waals surface area (Å²) in [6.07, 6.45) is 0.380. The summed E-state index contributed by atoms with van der Waals surface area (Å²) >= 11 is 0. The molecule has 96 valence electrons. The van der Waals surface area contributed by atoms with E-state index >= 15 is 0 Å². The predicted octanol–water partition coefficient (Wildman–Crippen LogP) is 1.27. The van der Waals surface area contributed by atoms with E-state index in [1.54, 1.807) is 0 Å². The number of aliphatic carboxylic acids is 2. The Bertz CT molecular complexity index is 508. The fourth-order valence-corrected chi connectivity index (χ4v) is 1.09. The first kappa shape index (κ1) is 13.5. The van der Waals surface area contributed by atoms with Crippen molar-refractivity contribution in [3.63, 3.8) is 0 Å². The van der Waals surface area contributed by atoms with Crippen molar-refractivity contribution in [2.45, 2.75) is 0 Å². The Morgan fingerprint density at radius 2 is 1.94 bits per heavy atom. The van der Waals surface area contributed by atoms with E-state index in [0.29, 0.717) is 6.08 Å². The van der Waals surface area contributed by atoms with Gasteiger partial charge >= 0.3 is 11.9 Å². The normalized spacial score (nSPS) is 10.9. The highest BCUT2D eigenvalue weighted by Gasteiger charge is 2.15. The van der Waals surface area contributed by atoms with Crippen molar-refractivity contribution >= 4 is 11.9 Å². The Kier molecular flexibility index (Phi) is 4.25. The third kappa shape index (κ3) is 3.48. The topological polar surface area (TPSA) is 93.1 Å². The van der Waals surface area contributed by atoms with Crippen LogP contribution in [0.1, 0.15) is 0 Å². The van der Waals surface area contributed by atoms with E-state index in [1.807, 2.05) is 0 Å². The third-order valence-electron chi connectivity index (χ3n) is 1.81. The largest absolute Gasteiger partial charge is 0.493 e. The van der Waals surface area contributed by atoms with Gasteiger partial charge in [-0.15, -0.1) is 0 Å². The average molecular weight is 256 g/mol. The van der Waals surface area contributed by atoms with Crippen LogP contribution >= 0.6 is 0 Å². The van der Waals surface area contributed by atoms with Gasteiger partial charge in [0.05, 0.1) is 13.2 Å². The van der Waals surface area contributed by atoms with E-state index in [4.69, 9.17) is 19.7 Å². The van der Waals surface area contributed by atoms with Gasteiger partial charge in [0.2, 0.25) is 5.76 Å². The quantitative estimate of drug-likeness (QED) is 0.608. The number of hydrogen-bond acceptors (Lipinski definition) is 4. The highest BCUT2D eigenvalue weighted by atomic mass is 19.1. The van der Waals surface area contributed by atoms with Crippen LogP contribution in [0.2, 0.25) is 0 Å². The van der Waals surface area contributed by atoms with Crippen LogP contribution in [0.25, 0.3) is 0 Å². The van der Waals surface area contributed by atoms with E-state index in [0.717, 1.165) is 18.2 Å². The average Bonchev–Trinajstić information content (AvgIpc) is 2.29. The number of ether oxygens (including phenoxy) is 2. The number of halogens is 1. The molecule has 0 radical (unpaired) electrons. The van der Waals surface area contributed by atoms with E-state index in [-0.39, 0.29) is 11.5 Å². The van der Waals surface area contributed by atoms with Crippen molar-refractivity contribution in [2.75, 3.05) is 7.11 Å². The molecule has 0 unspecified atom stereocenters. The summed E-state index contributed by atoms with van der Waals surface area (Å²) in [7, 11) is 1.24. The van der Waals surface area contributed by atoms with Gasteiger partial charge in [-0.25, -0.2) is 14.0 Å². The van der Waals surface area contributed by atoms with Crippen LogP contribution in [0.15, 0.2) is 30.0 Å². The van der Waals surface area contributed by atoms with E-state index in [2.05, 4.69) is 0 Å². The number of methoxy groups -OCH3 is 1. The maximum Gasteiger partial charge on any atom is 0.372 e. The first-order valence-electron chi connectivity index (χ1n) is 4.63. The maximum absolute atomic E-state index is 12.9. The molecule has 0 amide bonds. The van der Waals surface area contributed by atoms with E-state index in [9.17, 15) is 14.0 Å². The maximum atomic E-state index is 12.9. The molecule has 0 spiro atoms. The Morgan fingerprint density at radius 1 is 1.28 bits per heavy atom. The van der Waals surface area contributed by atoms with Gasteiger partial charge in [-0.3, -0.25) is 0 Å². The van der Waals surface area contributed by atoms with Crippen LogP contribution in [0.5, 0.6) is 11.5 Å². The lowest BCUT2D eigenvalue weighted by molar-refractivity contribution is -0.137. The van der Waals surface area contributed by atoms with Crippen molar-refractivity contribution < 1.29 is 33.7 Å². The van der Waals surface area contributed by atoms with Gasteiger partial charge in [-0.2, -0.15) is 0 Å². The monoisotopic (exact) mass is 256 g/mol. The number of benzene rings is 1. The molecule has 7 heteroatoms. The van der Waals surface area contributed by atoms with Crippen LogP contribution < -0.4 is 9.47 Å². The second-order valence-electron chi connectivity index (χ2n) is 3.05. The Labute approximate surface area is 101 Å². The molecule has 1 aromatic carbocycles. The summed E-state index contributed by atoms with van der Waals surface area (Å²) in [6.45, 7) is 0. The summed E-state index contributed by atoms with van der Waals surface area (Å²) in [5.41, 5.74) is 0. The highest BCUT2D eigenvalue weighted by Crippen LogP contribution is 2.29. The molecular formula is C11H9FO6. The van der Waals surface area contributed by atoms with Crippen LogP contribution in [0, 0.1) is 5.82 Å². The molecule has 0 aromatic heterocycles. The third-order valence-corrected chi connectivity index (χ3v) is 1.81. The molecule has 0 heterocycles. The second-order valence-corrected chi connectivity index (χ2v) is 3.05. The standard InChI is InChI=1S/C11H9FO6/c1-17-8-4-6(12)2-3-7(8)18-9(11(15)16)5-10(13)14/h2-5H,1H3,(H,13,14)(H,15,16)/b9-5-. The van der Waals surface area contributed by atoms with Gasteiger partial charge in [0.15, 0.2) is 11.5 Å². The summed E-state index contributed by atoms with van der Waals surface area (Å²) in [6, 6.07) is 3.14.